The van der Waals surface area contributed by atoms with Gasteiger partial charge in [0.25, 0.3) is 0 Å². The van der Waals surface area contributed by atoms with Crippen LogP contribution in [-0.4, -0.2) is 37.1 Å². The van der Waals surface area contributed by atoms with Crippen molar-refractivity contribution < 1.29 is 9.53 Å². The fourth-order valence-corrected chi connectivity index (χ4v) is 4.74. The van der Waals surface area contributed by atoms with Gasteiger partial charge in [-0.3, -0.25) is 0 Å². The number of nitrogens with one attached hydrogen (secondary N) is 1. The zero-order valence-electron chi connectivity index (χ0n) is 15.2. The molecule has 0 spiro atoms. The van der Waals surface area contributed by atoms with E-state index in [9.17, 15) is 4.79 Å². The van der Waals surface area contributed by atoms with Gasteiger partial charge in [0.1, 0.15) is 6.10 Å². The second-order valence-corrected chi connectivity index (χ2v) is 8.37. The van der Waals surface area contributed by atoms with Crippen molar-refractivity contribution in [3.63, 3.8) is 0 Å². The molecule has 1 atom stereocenters. The Morgan fingerprint density at radius 3 is 2.89 bits per heavy atom. The largest absolute Gasteiger partial charge is 0.454 e. The smallest absolute Gasteiger partial charge is 0.339 e. The number of carbonyl (C=O) groups is 1. The molecule has 1 saturated heterocycles. The van der Waals surface area contributed by atoms with Crippen LogP contribution in [0.5, 0.6) is 0 Å². The van der Waals surface area contributed by atoms with Crippen LogP contribution in [0.3, 0.4) is 0 Å². The Hall–Kier alpha value is -2.44. The molecule has 0 bridgehead atoms. The van der Waals surface area contributed by atoms with E-state index in [0.717, 1.165) is 53.5 Å². The number of esters is 1. The molecule has 6 heteroatoms. The molecule has 3 aromatic rings. The summed E-state index contributed by atoms with van der Waals surface area (Å²) in [5.74, 6) is -0.229. The highest BCUT2D eigenvalue weighted by molar-refractivity contribution is 7.18. The SMILES string of the molecule is Cc1nc2cc(C3Cc4ccc(N5CCNCC5)cc4C(=O)O3)ccc2s1. The number of thiazole rings is 1. The van der Waals surface area contributed by atoms with Crippen molar-refractivity contribution in [2.24, 2.45) is 0 Å². The summed E-state index contributed by atoms with van der Waals surface area (Å²) in [5.41, 5.74) is 4.85. The molecule has 1 aromatic heterocycles. The third kappa shape index (κ3) is 3.09. The number of hydrogen-bond acceptors (Lipinski definition) is 6. The highest BCUT2D eigenvalue weighted by Crippen LogP contribution is 2.34. The second-order valence-electron chi connectivity index (χ2n) is 7.14. The first kappa shape index (κ1) is 16.7. The molecule has 5 rings (SSSR count). The summed E-state index contributed by atoms with van der Waals surface area (Å²) in [6, 6.07) is 12.4. The van der Waals surface area contributed by atoms with Crippen LogP contribution in [0.2, 0.25) is 0 Å². The fraction of sp³-hybridized carbons (Fsp3) is 0.333. The van der Waals surface area contributed by atoms with Gasteiger partial charge in [-0.2, -0.15) is 0 Å². The zero-order valence-corrected chi connectivity index (χ0v) is 16.0. The summed E-state index contributed by atoms with van der Waals surface area (Å²) >= 11 is 1.68. The molecule has 3 heterocycles. The molecule has 1 fully saturated rings. The standard InChI is InChI=1S/C21H21N3O2S/c1-13-23-18-10-15(3-5-20(18)27-13)19-11-14-2-4-16(12-17(14)21(25)26-19)24-8-6-22-7-9-24/h2-5,10,12,19,22H,6-9,11H2,1H3. The van der Waals surface area contributed by atoms with Crippen LogP contribution in [0, 0.1) is 6.92 Å². The van der Waals surface area contributed by atoms with Crippen molar-refractivity contribution in [2.45, 2.75) is 19.4 Å². The third-order valence-corrected chi connectivity index (χ3v) is 6.29. The molecule has 0 radical (unpaired) electrons. The average molecular weight is 379 g/mol. The normalized spacial score (nSPS) is 19.8. The summed E-state index contributed by atoms with van der Waals surface area (Å²) in [6.45, 7) is 5.88. The quantitative estimate of drug-likeness (QED) is 0.691. The zero-order chi connectivity index (χ0) is 18.4. The van der Waals surface area contributed by atoms with Crippen LogP contribution in [0.25, 0.3) is 10.2 Å². The van der Waals surface area contributed by atoms with E-state index < -0.39 is 0 Å². The number of aromatic nitrogens is 1. The number of ether oxygens (including phenoxy) is 1. The molecular formula is C21H21N3O2S. The number of rotatable bonds is 2. The fourth-order valence-electron chi connectivity index (χ4n) is 3.93. The molecular weight excluding hydrogens is 358 g/mol. The van der Waals surface area contributed by atoms with E-state index in [2.05, 4.69) is 45.5 Å². The van der Waals surface area contributed by atoms with Gasteiger partial charge in [-0.1, -0.05) is 12.1 Å². The number of cyclic esters (lactones) is 1. The van der Waals surface area contributed by atoms with Crippen molar-refractivity contribution in [1.82, 2.24) is 10.3 Å². The van der Waals surface area contributed by atoms with Gasteiger partial charge < -0.3 is 15.0 Å². The average Bonchev–Trinajstić information content (AvgIpc) is 3.07. The van der Waals surface area contributed by atoms with Gasteiger partial charge in [-0.15, -0.1) is 11.3 Å². The van der Waals surface area contributed by atoms with Gasteiger partial charge in [0.2, 0.25) is 0 Å². The number of anilines is 1. The lowest BCUT2D eigenvalue weighted by Gasteiger charge is -2.31. The van der Waals surface area contributed by atoms with E-state index in [-0.39, 0.29) is 12.1 Å². The molecule has 1 unspecified atom stereocenters. The lowest BCUT2D eigenvalue weighted by molar-refractivity contribution is 0.0253. The Morgan fingerprint density at radius 1 is 1.19 bits per heavy atom. The van der Waals surface area contributed by atoms with Crippen molar-refractivity contribution in [2.75, 3.05) is 31.1 Å². The summed E-state index contributed by atoms with van der Waals surface area (Å²) < 4.78 is 6.97. The molecule has 2 aliphatic rings. The number of carbonyl (C=O) groups excluding carboxylic acids is 1. The number of nitrogens with zero attached hydrogens (tertiary/aromatic N) is 2. The van der Waals surface area contributed by atoms with Crippen molar-refractivity contribution in [1.29, 1.82) is 0 Å². The van der Waals surface area contributed by atoms with Crippen LogP contribution in [0.1, 0.15) is 32.6 Å². The lowest BCUT2D eigenvalue weighted by Crippen LogP contribution is -2.43. The third-order valence-electron chi connectivity index (χ3n) is 5.34. The second kappa shape index (κ2) is 6.62. The number of aryl methyl sites for hydroxylation is 1. The monoisotopic (exact) mass is 379 g/mol. The summed E-state index contributed by atoms with van der Waals surface area (Å²) in [6.07, 6.45) is 0.457. The Labute approximate surface area is 162 Å². The minimum Gasteiger partial charge on any atom is -0.454 e. The molecule has 2 aliphatic heterocycles. The number of hydrogen-bond donors (Lipinski definition) is 1. The van der Waals surface area contributed by atoms with Gasteiger partial charge in [-0.05, 0) is 42.3 Å². The Bertz CT molecular complexity index is 1020. The van der Waals surface area contributed by atoms with Crippen LogP contribution >= 0.6 is 11.3 Å². The van der Waals surface area contributed by atoms with E-state index in [1.807, 2.05) is 13.0 Å². The van der Waals surface area contributed by atoms with Gasteiger partial charge in [0, 0.05) is 38.3 Å². The first-order valence-corrected chi connectivity index (χ1v) is 10.2. The van der Waals surface area contributed by atoms with E-state index >= 15 is 0 Å². The number of piperazine rings is 1. The van der Waals surface area contributed by atoms with Crippen LogP contribution < -0.4 is 10.2 Å². The minimum atomic E-state index is -0.249. The first-order valence-electron chi connectivity index (χ1n) is 9.34. The topological polar surface area (TPSA) is 54.5 Å². The van der Waals surface area contributed by atoms with Crippen LogP contribution in [0.4, 0.5) is 5.69 Å². The molecule has 0 amide bonds. The van der Waals surface area contributed by atoms with Crippen molar-refractivity contribution in [3.8, 4) is 0 Å². The molecule has 1 N–H and O–H groups in total. The maximum absolute atomic E-state index is 12.7. The number of benzene rings is 2. The Kier molecular flexibility index (Phi) is 4.10. The summed E-state index contributed by atoms with van der Waals surface area (Å²) in [4.78, 5) is 19.6. The van der Waals surface area contributed by atoms with Gasteiger partial charge in [-0.25, -0.2) is 9.78 Å². The molecule has 2 aromatic carbocycles. The maximum atomic E-state index is 12.7. The predicted octanol–water partition coefficient (Wildman–Crippen LogP) is 3.47. The number of fused-ring (bicyclic) bond motifs is 2. The Morgan fingerprint density at radius 2 is 2.04 bits per heavy atom. The van der Waals surface area contributed by atoms with Crippen LogP contribution in [-0.2, 0) is 11.2 Å². The molecule has 0 aliphatic carbocycles. The lowest BCUT2D eigenvalue weighted by atomic mass is 9.94. The highest BCUT2D eigenvalue weighted by Gasteiger charge is 2.28. The van der Waals surface area contributed by atoms with E-state index in [1.165, 1.54) is 4.70 Å². The maximum Gasteiger partial charge on any atom is 0.339 e. The Balaban J connectivity index is 1.43. The van der Waals surface area contributed by atoms with Crippen LogP contribution in [0.15, 0.2) is 36.4 Å². The molecule has 5 nitrogen and oxygen atoms in total. The van der Waals surface area contributed by atoms with Gasteiger partial charge >= 0.3 is 5.97 Å². The minimum absolute atomic E-state index is 0.229. The van der Waals surface area contributed by atoms with Gasteiger partial charge in [0.05, 0.1) is 20.8 Å². The van der Waals surface area contributed by atoms with Crippen molar-refractivity contribution in [3.05, 3.63) is 58.1 Å². The van der Waals surface area contributed by atoms with E-state index in [4.69, 9.17) is 4.74 Å². The molecule has 27 heavy (non-hydrogen) atoms. The highest BCUT2D eigenvalue weighted by atomic mass is 32.1. The van der Waals surface area contributed by atoms with Crippen molar-refractivity contribution >= 4 is 33.2 Å². The predicted molar refractivity (Wildman–Crippen MR) is 108 cm³/mol. The summed E-state index contributed by atoms with van der Waals surface area (Å²) in [5, 5.41) is 4.41. The van der Waals surface area contributed by atoms with E-state index in [1.54, 1.807) is 11.3 Å². The molecule has 0 saturated carbocycles. The summed E-state index contributed by atoms with van der Waals surface area (Å²) in [7, 11) is 0. The first-order chi connectivity index (χ1) is 13.2. The van der Waals surface area contributed by atoms with Gasteiger partial charge in [0.15, 0.2) is 0 Å². The van der Waals surface area contributed by atoms with E-state index in [0.29, 0.717) is 12.0 Å². The molecule has 138 valence electrons.